The molecule has 0 saturated carbocycles. The predicted molar refractivity (Wildman–Crippen MR) is 71.1 cm³/mol. The molecule has 0 heterocycles. The third-order valence-electron chi connectivity index (χ3n) is 2.51. The van der Waals surface area contributed by atoms with Gasteiger partial charge in [-0.15, -0.1) is 0 Å². The molecule has 0 saturated heterocycles. The van der Waals surface area contributed by atoms with Crippen LogP contribution in [0.4, 0.5) is 0 Å². The Morgan fingerprint density at radius 2 is 2.05 bits per heavy atom. The van der Waals surface area contributed by atoms with Crippen molar-refractivity contribution in [3.05, 3.63) is 29.8 Å². The maximum atomic E-state index is 10.8. The van der Waals surface area contributed by atoms with E-state index >= 15 is 0 Å². The first kappa shape index (κ1) is 14.8. The summed E-state index contributed by atoms with van der Waals surface area (Å²) in [7, 11) is 0. The van der Waals surface area contributed by atoms with Gasteiger partial charge in [0.25, 0.3) is 0 Å². The fraction of sp³-hybridized carbons (Fsp3) is 0.333. The van der Waals surface area contributed by atoms with E-state index in [1.165, 1.54) is 0 Å². The molecule has 1 rings (SSSR count). The lowest BCUT2D eigenvalue weighted by Crippen LogP contribution is -2.40. The number of amides is 1. The Labute approximate surface area is 111 Å². The van der Waals surface area contributed by atoms with Crippen molar-refractivity contribution in [3.63, 3.8) is 0 Å². The van der Waals surface area contributed by atoms with E-state index in [-0.39, 0.29) is 11.9 Å². The Kier molecular flexibility index (Phi) is 5.62. The lowest BCUT2D eigenvalue weighted by molar-refractivity contribution is -0.119. The smallest absolute Gasteiger partial charge is 0.234 e. The van der Waals surface area contributed by atoms with Crippen LogP contribution in [0.3, 0.4) is 0 Å². The fourth-order valence-electron chi connectivity index (χ4n) is 1.32. The van der Waals surface area contributed by atoms with E-state index < -0.39 is 5.91 Å². The molecular formula is C12H18N4O3. The molecule has 0 aliphatic rings. The van der Waals surface area contributed by atoms with E-state index in [1.54, 1.807) is 31.2 Å². The maximum Gasteiger partial charge on any atom is 0.234 e. The highest BCUT2D eigenvalue weighted by Crippen LogP contribution is 2.11. The van der Waals surface area contributed by atoms with Gasteiger partial charge in [0.1, 0.15) is 12.4 Å². The number of benzene rings is 1. The van der Waals surface area contributed by atoms with Gasteiger partial charge in [-0.2, -0.15) is 0 Å². The van der Waals surface area contributed by atoms with Crippen molar-refractivity contribution >= 4 is 11.7 Å². The minimum absolute atomic E-state index is 0.0449. The van der Waals surface area contributed by atoms with Crippen LogP contribution >= 0.6 is 0 Å². The standard InChI is InChI=1S/C12H18N4O3/c1-8(12(14)17)15-6-7-19-10-4-2-9(3-5-10)11(13)16-18/h2-5,8,15,18H,6-7H2,1H3,(H2,13,16)(H2,14,17). The number of rotatable bonds is 7. The number of hydrogen-bond donors (Lipinski definition) is 4. The maximum absolute atomic E-state index is 10.8. The number of hydrogen-bond acceptors (Lipinski definition) is 5. The molecule has 0 aromatic heterocycles. The van der Waals surface area contributed by atoms with Crippen LogP contribution < -0.4 is 21.5 Å². The summed E-state index contributed by atoms with van der Waals surface area (Å²) in [6.45, 7) is 2.60. The number of ether oxygens (including phenoxy) is 1. The van der Waals surface area contributed by atoms with Gasteiger partial charge >= 0.3 is 0 Å². The van der Waals surface area contributed by atoms with Crippen LogP contribution in [0.1, 0.15) is 12.5 Å². The first-order chi connectivity index (χ1) is 9.04. The average molecular weight is 266 g/mol. The third kappa shape index (κ3) is 4.84. The van der Waals surface area contributed by atoms with Gasteiger partial charge in [-0.05, 0) is 31.2 Å². The minimum Gasteiger partial charge on any atom is -0.492 e. The van der Waals surface area contributed by atoms with Gasteiger partial charge in [0.05, 0.1) is 6.04 Å². The van der Waals surface area contributed by atoms with Gasteiger partial charge in [-0.3, -0.25) is 4.79 Å². The summed E-state index contributed by atoms with van der Waals surface area (Å²) in [5, 5.41) is 14.3. The van der Waals surface area contributed by atoms with Crippen molar-refractivity contribution in [2.75, 3.05) is 13.2 Å². The molecule has 1 aromatic carbocycles. The van der Waals surface area contributed by atoms with E-state index in [9.17, 15) is 4.79 Å². The summed E-state index contributed by atoms with van der Waals surface area (Å²) in [6.07, 6.45) is 0. The minimum atomic E-state index is -0.400. The van der Waals surface area contributed by atoms with Crippen molar-refractivity contribution in [1.82, 2.24) is 5.32 Å². The Morgan fingerprint density at radius 3 is 2.58 bits per heavy atom. The first-order valence-corrected chi connectivity index (χ1v) is 5.78. The number of nitrogens with one attached hydrogen (secondary N) is 1. The molecule has 0 aliphatic heterocycles. The van der Waals surface area contributed by atoms with Gasteiger partial charge in [0.2, 0.25) is 5.91 Å². The van der Waals surface area contributed by atoms with E-state index in [1.807, 2.05) is 0 Å². The molecule has 1 aromatic rings. The third-order valence-corrected chi connectivity index (χ3v) is 2.51. The van der Waals surface area contributed by atoms with Crippen molar-refractivity contribution in [2.45, 2.75) is 13.0 Å². The number of primary amides is 1. The molecule has 7 heteroatoms. The molecule has 7 nitrogen and oxygen atoms in total. The number of carbonyl (C=O) groups excluding carboxylic acids is 1. The number of nitrogens with zero attached hydrogens (tertiary/aromatic N) is 1. The van der Waals surface area contributed by atoms with Gasteiger partial charge in [-0.1, -0.05) is 5.16 Å². The average Bonchev–Trinajstić information content (AvgIpc) is 2.43. The van der Waals surface area contributed by atoms with Crippen LogP contribution in [-0.4, -0.2) is 36.1 Å². The summed E-state index contributed by atoms with van der Waals surface area (Å²) in [4.78, 5) is 10.8. The second-order valence-corrected chi connectivity index (χ2v) is 3.94. The first-order valence-electron chi connectivity index (χ1n) is 5.78. The lowest BCUT2D eigenvalue weighted by atomic mass is 10.2. The van der Waals surface area contributed by atoms with Gasteiger partial charge in [0, 0.05) is 12.1 Å². The lowest BCUT2D eigenvalue weighted by Gasteiger charge is -2.11. The van der Waals surface area contributed by atoms with Gasteiger partial charge < -0.3 is 26.7 Å². The van der Waals surface area contributed by atoms with Crippen LogP contribution in [0.15, 0.2) is 29.4 Å². The summed E-state index contributed by atoms with van der Waals surface area (Å²) in [5.74, 6) is 0.301. The summed E-state index contributed by atoms with van der Waals surface area (Å²) < 4.78 is 5.45. The van der Waals surface area contributed by atoms with Crippen LogP contribution in [0.25, 0.3) is 0 Å². The number of carbonyl (C=O) groups is 1. The molecule has 6 N–H and O–H groups in total. The summed E-state index contributed by atoms with van der Waals surface area (Å²) >= 11 is 0. The molecule has 0 fully saturated rings. The molecular weight excluding hydrogens is 248 g/mol. The highest BCUT2D eigenvalue weighted by molar-refractivity contribution is 5.97. The zero-order chi connectivity index (χ0) is 14.3. The van der Waals surface area contributed by atoms with Crippen molar-refractivity contribution < 1.29 is 14.7 Å². The Balaban J connectivity index is 2.36. The number of oxime groups is 1. The van der Waals surface area contributed by atoms with Crippen LogP contribution in [-0.2, 0) is 4.79 Å². The summed E-state index contributed by atoms with van der Waals surface area (Å²) in [5.41, 5.74) is 11.1. The zero-order valence-corrected chi connectivity index (χ0v) is 10.7. The SMILES string of the molecule is CC(NCCOc1ccc(C(N)=NO)cc1)C(N)=O. The van der Waals surface area contributed by atoms with Crippen molar-refractivity contribution in [2.24, 2.45) is 16.6 Å². The monoisotopic (exact) mass is 266 g/mol. The van der Waals surface area contributed by atoms with E-state index in [0.29, 0.717) is 24.5 Å². The highest BCUT2D eigenvalue weighted by Gasteiger charge is 2.06. The molecule has 104 valence electrons. The Morgan fingerprint density at radius 1 is 1.42 bits per heavy atom. The van der Waals surface area contributed by atoms with E-state index in [4.69, 9.17) is 21.4 Å². The normalized spacial score (nSPS) is 13.0. The van der Waals surface area contributed by atoms with E-state index in [0.717, 1.165) is 0 Å². The zero-order valence-electron chi connectivity index (χ0n) is 10.7. The quantitative estimate of drug-likeness (QED) is 0.176. The van der Waals surface area contributed by atoms with Crippen LogP contribution in [0, 0.1) is 0 Å². The molecule has 0 bridgehead atoms. The van der Waals surface area contributed by atoms with Crippen LogP contribution in [0.5, 0.6) is 5.75 Å². The molecule has 19 heavy (non-hydrogen) atoms. The molecule has 1 amide bonds. The second kappa shape index (κ2) is 7.22. The molecule has 0 radical (unpaired) electrons. The van der Waals surface area contributed by atoms with Crippen LogP contribution in [0.2, 0.25) is 0 Å². The fourth-order valence-corrected chi connectivity index (χ4v) is 1.32. The van der Waals surface area contributed by atoms with E-state index in [2.05, 4.69) is 10.5 Å². The number of nitrogens with two attached hydrogens (primary N) is 2. The molecule has 1 atom stereocenters. The Bertz CT molecular complexity index is 445. The Hall–Kier alpha value is -2.28. The predicted octanol–water partition coefficient (Wildman–Crippen LogP) is -0.377. The number of amidine groups is 1. The second-order valence-electron chi connectivity index (χ2n) is 3.94. The molecule has 0 spiro atoms. The summed E-state index contributed by atoms with van der Waals surface area (Å²) in [6, 6.07) is 6.41. The van der Waals surface area contributed by atoms with Crippen molar-refractivity contribution in [3.8, 4) is 5.75 Å². The van der Waals surface area contributed by atoms with Gasteiger partial charge in [-0.25, -0.2) is 0 Å². The largest absolute Gasteiger partial charge is 0.492 e. The highest BCUT2D eigenvalue weighted by atomic mass is 16.5. The van der Waals surface area contributed by atoms with Gasteiger partial charge in [0.15, 0.2) is 5.84 Å². The molecule has 0 aliphatic carbocycles. The van der Waals surface area contributed by atoms with Crippen molar-refractivity contribution in [1.29, 1.82) is 0 Å². The molecule has 1 unspecified atom stereocenters. The topological polar surface area (TPSA) is 123 Å².